The van der Waals surface area contributed by atoms with Crippen LogP contribution in [0.1, 0.15) is 12.6 Å². The van der Waals surface area contributed by atoms with Crippen molar-refractivity contribution in [2.75, 3.05) is 6.61 Å². The number of pyridine rings is 1. The van der Waals surface area contributed by atoms with E-state index < -0.39 is 0 Å². The number of aromatic amines is 1. The summed E-state index contributed by atoms with van der Waals surface area (Å²) in [6, 6.07) is 12.2. The first kappa shape index (κ1) is 11.8. The third kappa shape index (κ3) is 2.08. The van der Waals surface area contributed by atoms with Crippen LogP contribution in [0.5, 0.6) is 5.75 Å². The Hall–Kier alpha value is -2.29. The van der Waals surface area contributed by atoms with Crippen LogP contribution in [-0.2, 0) is 0 Å². The zero-order valence-electron chi connectivity index (χ0n) is 11.1. The van der Waals surface area contributed by atoms with Gasteiger partial charge in [0, 0.05) is 22.8 Å². The second kappa shape index (κ2) is 4.76. The maximum atomic E-state index is 5.57. The van der Waals surface area contributed by atoms with Crippen LogP contribution in [0, 0.1) is 6.92 Å². The van der Waals surface area contributed by atoms with E-state index in [2.05, 4.69) is 35.1 Å². The van der Waals surface area contributed by atoms with Crippen LogP contribution in [0.2, 0.25) is 0 Å². The van der Waals surface area contributed by atoms with E-state index in [-0.39, 0.29) is 0 Å². The first-order valence-electron chi connectivity index (χ1n) is 6.46. The quantitative estimate of drug-likeness (QED) is 0.766. The lowest BCUT2D eigenvalue weighted by molar-refractivity contribution is 0.340. The lowest BCUT2D eigenvalue weighted by Gasteiger charge is -2.06. The summed E-state index contributed by atoms with van der Waals surface area (Å²) in [5, 5.41) is 1.15. The van der Waals surface area contributed by atoms with E-state index >= 15 is 0 Å². The molecular formula is C16H16N2O. The Bertz CT molecular complexity index is 716. The van der Waals surface area contributed by atoms with Crippen LogP contribution >= 0.6 is 0 Å². The summed E-state index contributed by atoms with van der Waals surface area (Å²) >= 11 is 0. The molecule has 0 atom stereocenters. The molecule has 96 valence electrons. The van der Waals surface area contributed by atoms with Crippen LogP contribution in [-0.4, -0.2) is 16.6 Å². The number of fused-ring (bicyclic) bond motifs is 1. The molecule has 0 saturated carbocycles. The minimum absolute atomic E-state index is 0.678. The molecule has 3 rings (SSSR count). The van der Waals surface area contributed by atoms with E-state index in [9.17, 15) is 0 Å². The van der Waals surface area contributed by atoms with E-state index in [0.717, 1.165) is 28.0 Å². The van der Waals surface area contributed by atoms with Crippen LogP contribution in [0.4, 0.5) is 0 Å². The summed E-state index contributed by atoms with van der Waals surface area (Å²) in [7, 11) is 0. The Morgan fingerprint density at radius 2 is 2.11 bits per heavy atom. The fourth-order valence-electron chi connectivity index (χ4n) is 2.43. The van der Waals surface area contributed by atoms with Gasteiger partial charge in [-0.1, -0.05) is 12.1 Å². The van der Waals surface area contributed by atoms with Gasteiger partial charge in [-0.2, -0.15) is 0 Å². The highest BCUT2D eigenvalue weighted by molar-refractivity contribution is 5.95. The molecular weight excluding hydrogens is 236 g/mol. The molecule has 1 N–H and O–H groups in total. The number of H-pyrrole nitrogens is 1. The predicted molar refractivity (Wildman–Crippen MR) is 77.4 cm³/mol. The van der Waals surface area contributed by atoms with Gasteiger partial charge in [-0.3, -0.25) is 0 Å². The average molecular weight is 252 g/mol. The molecule has 3 heteroatoms. The van der Waals surface area contributed by atoms with Crippen molar-refractivity contribution in [3.8, 4) is 16.9 Å². The van der Waals surface area contributed by atoms with Crippen molar-refractivity contribution >= 4 is 11.0 Å². The molecule has 0 fully saturated rings. The number of nitrogens with zero attached hydrogens (tertiary/aromatic N) is 1. The zero-order valence-corrected chi connectivity index (χ0v) is 11.1. The van der Waals surface area contributed by atoms with Crippen LogP contribution in [0.15, 0.2) is 42.6 Å². The molecule has 0 radical (unpaired) electrons. The molecule has 2 aromatic heterocycles. The second-order valence-corrected chi connectivity index (χ2v) is 4.49. The van der Waals surface area contributed by atoms with E-state index in [1.54, 1.807) is 6.20 Å². The number of aryl methyl sites for hydroxylation is 1. The van der Waals surface area contributed by atoms with Gasteiger partial charge in [-0.25, -0.2) is 4.98 Å². The van der Waals surface area contributed by atoms with Crippen molar-refractivity contribution in [3.05, 3.63) is 48.3 Å². The molecule has 0 bridgehead atoms. The van der Waals surface area contributed by atoms with Crippen LogP contribution in [0.3, 0.4) is 0 Å². The number of hydrogen-bond acceptors (Lipinski definition) is 2. The topological polar surface area (TPSA) is 37.9 Å². The molecule has 0 aliphatic carbocycles. The third-order valence-electron chi connectivity index (χ3n) is 3.19. The maximum Gasteiger partial charge on any atom is 0.138 e. The minimum atomic E-state index is 0.678. The largest absolute Gasteiger partial charge is 0.494 e. The molecule has 0 unspecified atom stereocenters. The monoisotopic (exact) mass is 252 g/mol. The van der Waals surface area contributed by atoms with Crippen molar-refractivity contribution in [2.24, 2.45) is 0 Å². The average Bonchev–Trinajstić information content (AvgIpc) is 2.75. The number of hydrogen-bond donors (Lipinski definition) is 1. The summed E-state index contributed by atoms with van der Waals surface area (Å²) in [4.78, 5) is 7.69. The first-order valence-corrected chi connectivity index (χ1v) is 6.46. The number of rotatable bonds is 3. The number of aromatic nitrogens is 2. The lowest BCUT2D eigenvalue weighted by atomic mass is 10.0. The minimum Gasteiger partial charge on any atom is -0.494 e. The van der Waals surface area contributed by atoms with Gasteiger partial charge in [0.15, 0.2) is 0 Å². The highest BCUT2D eigenvalue weighted by atomic mass is 16.5. The Labute approximate surface area is 112 Å². The van der Waals surface area contributed by atoms with Crippen LogP contribution < -0.4 is 4.74 Å². The second-order valence-electron chi connectivity index (χ2n) is 4.49. The van der Waals surface area contributed by atoms with Gasteiger partial charge >= 0.3 is 0 Å². The zero-order chi connectivity index (χ0) is 13.2. The fourth-order valence-corrected chi connectivity index (χ4v) is 2.43. The van der Waals surface area contributed by atoms with Gasteiger partial charge < -0.3 is 9.72 Å². The van der Waals surface area contributed by atoms with E-state index in [0.29, 0.717) is 6.61 Å². The molecule has 0 aliphatic heterocycles. The molecule has 3 aromatic rings. The third-order valence-corrected chi connectivity index (χ3v) is 3.19. The van der Waals surface area contributed by atoms with Gasteiger partial charge in [0.05, 0.1) is 6.61 Å². The van der Waals surface area contributed by atoms with Crippen molar-refractivity contribution in [1.29, 1.82) is 0 Å². The standard InChI is InChI=1S/C16H16N2O/c1-3-19-13-7-4-6-12(10-13)15-11(2)18-16-14(15)8-5-9-17-16/h4-10H,3H2,1-2H3,(H,17,18). The smallest absolute Gasteiger partial charge is 0.138 e. The molecule has 0 saturated heterocycles. The fraction of sp³-hybridized carbons (Fsp3) is 0.188. The van der Waals surface area contributed by atoms with Gasteiger partial charge in [0.1, 0.15) is 11.4 Å². The number of ether oxygens (including phenoxy) is 1. The lowest BCUT2D eigenvalue weighted by Crippen LogP contribution is -1.91. The molecule has 3 nitrogen and oxygen atoms in total. The normalized spacial score (nSPS) is 10.8. The van der Waals surface area contributed by atoms with Crippen molar-refractivity contribution in [2.45, 2.75) is 13.8 Å². The molecule has 19 heavy (non-hydrogen) atoms. The SMILES string of the molecule is CCOc1cccc(-c2c(C)[nH]c3ncccc23)c1. The summed E-state index contributed by atoms with van der Waals surface area (Å²) in [6.45, 7) is 4.75. The van der Waals surface area contributed by atoms with E-state index in [1.165, 1.54) is 5.56 Å². The Morgan fingerprint density at radius 1 is 1.21 bits per heavy atom. The molecule has 1 aromatic carbocycles. The Morgan fingerprint density at radius 3 is 2.95 bits per heavy atom. The van der Waals surface area contributed by atoms with Gasteiger partial charge in [-0.15, -0.1) is 0 Å². The number of benzene rings is 1. The van der Waals surface area contributed by atoms with E-state index in [1.807, 2.05) is 25.1 Å². The summed E-state index contributed by atoms with van der Waals surface area (Å²) in [5.74, 6) is 0.901. The van der Waals surface area contributed by atoms with Gasteiger partial charge in [0.2, 0.25) is 0 Å². The first-order chi connectivity index (χ1) is 9.29. The highest BCUT2D eigenvalue weighted by Gasteiger charge is 2.11. The van der Waals surface area contributed by atoms with Gasteiger partial charge in [-0.05, 0) is 43.7 Å². The summed E-state index contributed by atoms with van der Waals surface area (Å²) < 4.78 is 5.57. The molecule has 0 spiro atoms. The molecule has 0 amide bonds. The predicted octanol–water partition coefficient (Wildman–Crippen LogP) is 3.94. The van der Waals surface area contributed by atoms with E-state index in [4.69, 9.17) is 4.74 Å². The highest BCUT2D eigenvalue weighted by Crippen LogP contribution is 2.32. The summed E-state index contributed by atoms with van der Waals surface area (Å²) in [6.07, 6.45) is 1.80. The van der Waals surface area contributed by atoms with Crippen molar-refractivity contribution < 1.29 is 4.74 Å². The van der Waals surface area contributed by atoms with Crippen molar-refractivity contribution in [1.82, 2.24) is 9.97 Å². The van der Waals surface area contributed by atoms with Crippen LogP contribution in [0.25, 0.3) is 22.2 Å². The summed E-state index contributed by atoms with van der Waals surface area (Å²) in [5.41, 5.74) is 4.41. The Balaban J connectivity index is 2.18. The number of nitrogens with one attached hydrogen (secondary N) is 1. The molecule has 0 aliphatic rings. The van der Waals surface area contributed by atoms with Gasteiger partial charge in [0.25, 0.3) is 0 Å². The van der Waals surface area contributed by atoms with Crippen molar-refractivity contribution in [3.63, 3.8) is 0 Å². The maximum absolute atomic E-state index is 5.57. The Kier molecular flexibility index (Phi) is 2.95. The molecule has 2 heterocycles.